The molecular weight excluding hydrogens is 991 g/mol. The molecule has 420 valence electrons. The molecule has 0 bridgehead atoms. The number of nitrogens with one attached hydrogen (secondary N) is 7. The lowest BCUT2D eigenvalue weighted by atomic mass is 10.0. The topological polar surface area (TPSA) is 476 Å². The van der Waals surface area contributed by atoms with Gasteiger partial charge in [-0.3, -0.25) is 43.3 Å². The number of nitrogens with two attached hydrogens (primary N) is 7. The number of likely N-dealkylation sites (tertiary alicyclic amines) is 1. The number of unbranched alkanes of at least 4 members (excludes halogenated alkanes) is 2. The number of carboxylic acids is 1. The van der Waals surface area contributed by atoms with Crippen LogP contribution in [0.3, 0.4) is 0 Å². The van der Waals surface area contributed by atoms with Crippen LogP contribution in [0.1, 0.15) is 83.1 Å². The average Bonchev–Trinajstić information content (AvgIpc) is 3.86. The normalized spacial score (nSPS) is 16.1. The second kappa shape index (κ2) is 33.8. The molecule has 1 fully saturated rings. The maximum atomic E-state index is 14.4. The summed E-state index contributed by atoms with van der Waals surface area (Å²) in [6, 6.07) is -7.07. The molecule has 27 nitrogen and oxygen atoms in total. The highest BCUT2D eigenvalue weighted by atomic mass is 19.1. The van der Waals surface area contributed by atoms with Crippen LogP contribution in [0.5, 0.6) is 0 Å². The van der Waals surface area contributed by atoms with E-state index in [0.717, 1.165) is 18.2 Å². The summed E-state index contributed by atoms with van der Waals surface area (Å²) in [6.07, 6.45) is 1.66. The van der Waals surface area contributed by atoms with Crippen LogP contribution in [0, 0.1) is 11.6 Å². The van der Waals surface area contributed by atoms with Crippen LogP contribution in [0.15, 0.2) is 35.0 Å². The van der Waals surface area contributed by atoms with Gasteiger partial charge in [0.2, 0.25) is 47.3 Å². The molecule has 0 radical (unpaired) electrons. The van der Waals surface area contributed by atoms with Gasteiger partial charge in [0.15, 0.2) is 5.96 Å². The van der Waals surface area contributed by atoms with Gasteiger partial charge in [0.05, 0.1) is 18.7 Å². The molecule has 1 aliphatic rings. The Morgan fingerprint density at radius 2 is 1.39 bits per heavy atom. The van der Waals surface area contributed by atoms with E-state index in [1.807, 2.05) is 0 Å². The molecule has 8 amide bonds. The molecular formula is C46H76F2N16O11. The predicted molar refractivity (Wildman–Crippen MR) is 269 cm³/mol. The van der Waals surface area contributed by atoms with Gasteiger partial charge in [-0.15, -0.1) is 0 Å². The summed E-state index contributed by atoms with van der Waals surface area (Å²) < 4.78 is 28.8. The summed E-state index contributed by atoms with van der Waals surface area (Å²) >= 11 is 0. The van der Waals surface area contributed by atoms with E-state index >= 15 is 0 Å². The molecule has 1 heterocycles. The van der Waals surface area contributed by atoms with Crippen LogP contribution < -0.4 is 77.4 Å². The SMILES string of the molecule is C[C@H](NC(=O)[C@@H](NC(=O)[C@@H](N)CCCCN)[C@@H](O)CN)C(=O)NCC(=O)N[C@H](CCCN)C(=O)N1CCC[C@H]1C(=O)N[C@@H](Cc1cc(F)cc(F)c1)C(=O)N[C@@H](CCCCN)C(=O)N/C(=C\CCN=C(N)N)C(=O)O. The predicted octanol–water partition coefficient (Wildman–Crippen LogP) is -5.55. The van der Waals surface area contributed by atoms with Crippen molar-refractivity contribution in [1.29, 1.82) is 0 Å². The van der Waals surface area contributed by atoms with E-state index in [9.17, 15) is 62.1 Å². The van der Waals surface area contributed by atoms with Gasteiger partial charge >= 0.3 is 5.97 Å². The molecule has 0 unspecified atom stereocenters. The van der Waals surface area contributed by atoms with Crippen molar-refractivity contribution in [1.82, 2.24) is 42.1 Å². The third kappa shape index (κ3) is 23.0. The van der Waals surface area contributed by atoms with Gasteiger partial charge < -0.3 is 92.5 Å². The molecule has 1 aromatic carbocycles. The zero-order valence-electron chi connectivity index (χ0n) is 42.1. The number of hydrogen-bond acceptors (Lipinski definition) is 16. The van der Waals surface area contributed by atoms with E-state index in [1.165, 1.54) is 11.8 Å². The summed E-state index contributed by atoms with van der Waals surface area (Å²) in [5, 5.41) is 37.1. The van der Waals surface area contributed by atoms with Gasteiger partial charge in [-0.05, 0) is 108 Å². The van der Waals surface area contributed by atoms with E-state index in [-0.39, 0.29) is 89.1 Å². The highest BCUT2D eigenvalue weighted by Crippen LogP contribution is 2.21. The molecule has 8 atom stereocenters. The van der Waals surface area contributed by atoms with Crippen molar-refractivity contribution in [3.05, 3.63) is 47.2 Å². The third-order valence-corrected chi connectivity index (χ3v) is 11.7. The van der Waals surface area contributed by atoms with E-state index in [1.54, 1.807) is 0 Å². The minimum atomic E-state index is -1.64. The maximum absolute atomic E-state index is 14.4. The summed E-state index contributed by atoms with van der Waals surface area (Å²) in [4.78, 5) is 125. The zero-order valence-corrected chi connectivity index (χ0v) is 42.1. The Balaban J connectivity index is 2.28. The number of guanidine groups is 1. The van der Waals surface area contributed by atoms with Gasteiger partial charge in [-0.25, -0.2) is 13.6 Å². The fraction of sp³-hybridized carbons (Fsp3) is 0.609. The Hall–Kier alpha value is -6.92. The van der Waals surface area contributed by atoms with Crippen LogP contribution in [-0.4, -0.2) is 169 Å². The third-order valence-electron chi connectivity index (χ3n) is 11.7. The maximum Gasteiger partial charge on any atom is 0.352 e. The van der Waals surface area contributed by atoms with Crippen molar-refractivity contribution in [3.63, 3.8) is 0 Å². The Morgan fingerprint density at radius 3 is 1.99 bits per heavy atom. The Kier molecular flexibility index (Phi) is 28.9. The minimum Gasteiger partial charge on any atom is -0.477 e. The first-order chi connectivity index (χ1) is 35.6. The summed E-state index contributed by atoms with van der Waals surface area (Å²) in [5.74, 6) is -10.8. The molecule has 1 aliphatic heterocycles. The van der Waals surface area contributed by atoms with Crippen LogP contribution in [0.4, 0.5) is 8.78 Å². The molecule has 1 aromatic rings. The first-order valence-electron chi connectivity index (χ1n) is 24.6. The lowest BCUT2D eigenvalue weighted by molar-refractivity contribution is -0.142. The summed E-state index contributed by atoms with van der Waals surface area (Å²) in [6.45, 7) is 0.827. The van der Waals surface area contributed by atoms with Crippen molar-refractivity contribution in [2.75, 3.05) is 45.8 Å². The number of aliphatic hydroxyl groups is 1. The van der Waals surface area contributed by atoms with E-state index in [4.69, 9.17) is 40.1 Å². The molecule has 0 aliphatic carbocycles. The Morgan fingerprint density at radius 1 is 0.760 bits per heavy atom. The van der Waals surface area contributed by atoms with Crippen LogP contribution >= 0.6 is 0 Å². The number of aliphatic imine (C=N–C) groups is 1. The molecule has 0 spiro atoms. The van der Waals surface area contributed by atoms with Gasteiger partial charge in [0.1, 0.15) is 53.6 Å². The number of aliphatic hydroxyl groups excluding tert-OH is 1. The van der Waals surface area contributed by atoms with Crippen LogP contribution in [0.25, 0.3) is 0 Å². The number of halogens is 2. The Bertz CT molecular complexity index is 2150. The molecule has 75 heavy (non-hydrogen) atoms. The fourth-order valence-electron chi connectivity index (χ4n) is 7.68. The van der Waals surface area contributed by atoms with Crippen molar-refractivity contribution in [2.45, 2.75) is 132 Å². The van der Waals surface area contributed by atoms with Crippen LogP contribution in [0.2, 0.25) is 0 Å². The van der Waals surface area contributed by atoms with Gasteiger partial charge in [-0.2, -0.15) is 0 Å². The number of nitrogens with zero attached hydrogens (tertiary/aromatic N) is 2. The highest BCUT2D eigenvalue weighted by molar-refractivity contribution is 5.99. The van der Waals surface area contributed by atoms with Gasteiger partial charge in [-0.1, -0.05) is 12.5 Å². The minimum absolute atomic E-state index is 0.00608. The van der Waals surface area contributed by atoms with E-state index in [0.29, 0.717) is 31.9 Å². The number of carboxylic acid groups (broad SMARTS) is 1. The second-order valence-corrected chi connectivity index (χ2v) is 17.8. The number of rotatable bonds is 34. The second-order valence-electron chi connectivity index (χ2n) is 17.8. The fourth-order valence-corrected chi connectivity index (χ4v) is 7.68. The quantitative estimate of drug-likeness (QED) is 0.0132. The average molecular weight is 1070 g/mol. The lowest BCUT2D eigenvalue weighted by Gasteiger charge is -2.30. The van der Waals surface area contributed by atoms with Crippen molar-refractivity contribution >= 4 is 59.2 Å². The largest absolute Gasteiger partial charge is 0.477 e. The number of carbonyl (C=O) groups is 9. The number of benzene rings is 1. The molecule has 29 heteroatoms. The van der Waals surface area contributed by atoms with Crippen molar-refractivity contribution in [3.8, 4) is 0 Å². The summed E-state index contributed by atoms with van der Waals surface area (Å²) in [7, 11) is 0. The molecule has 23 N–H and O–H groups in total. The van der Waals surface area contributed by atoms with Gasteiger partial charge in [0, 0.05) is 32.1 Å². The lowest BCUT2D eigenvalue weighted by Crippen LogP contribution is -2.60. The van der Waals surface area contributed by atoms with E-state index < -0.39 is 138 Å². The van der Waals surface area contributed by atoms with Crippen LogP contribution in [-0.2, 0) is 49.6 Å². The number of aliphatic carboxylic acids is 1. The Labute approximate surface area is 433 Å². The van der Waals surface area contributed by atoms with Crippen molar-refractivity contribution in [2.24, 2.45) is 45.1 Å². The first-order valence-corrected chi connectivity index (χ1v) is 24.6. The number of amides is 8. The van der Waals surface area contributed by atoms with E-state index in [2.05, 4.69) is 42.2 Å². The number of carbonyl (C=O) groups excluding carboxylic acids is 8. The first kappa shape index (κ1) is 64.2. The summed E-state index contributed by atoms with van der Waals surface area (Å²) in [5.41, 5.74) is 38.3. The molecule has 0 aromatic heterocycles. The molecule has 0 saturated carbocycles. The zero-order chi connectivity index (χ0) is 56.2. The smallest absolute Gasteiger partial charge is 0.352 e. The molecule has 1 saturated heterocycles. The monoisotopic (exact) mass is 1070 g/mol. The standard InChI is InChI=1S/C46H76F2N16O11/c1-25(58-43(72)37(35(65)23-52)63-39(68)29(53)9-2-4-14-49)38(67)57-24-36(66)59-31(11-6-16-51)44(73)64-18-8-13-34(64)42(71)62-33(21-26-19-27(47)22-28(48)20-26)41(70)60-30(10-3-5-15-50)40(69)61-32(45(74)75)12-7-17-56-46(54)55/h12,19-20,22,25,29-31,33-35,37,65H,2-11,13-18,21,23-24,49-53H2,1H3,(H,57,67)(H,58,72)(H,59,66)(H,60,70)(H,61,69)(H,62,71)(H,63,68)(H,74,75)(H4,54,55,56)/b32-12-/t25-,29-,30-,31+,33-,34-,35-,37-/m0/s1. The number of hydrogen-bond donors (Lipinski definition) is 16. The van der Waals surface area contributed by atoms with Gasteiger partial charge in [0.25, 0.3) is 0 Å². The van der Waals surface area contributed by atoms with Crippen molar-refractivity contribution < 1.29 is 62.1 Å². The highest BCUT2D eigenvalue weighted by Gasteiger charge is 2.40. The molecule has 2 rings (SSSR count).